The number of aromatic nitrogens is 1. The van der Waals surface area contributed by atoms with Crippen molar-refractivity contribution in [3.05, 3.63) is 56.0 Å². The van der Waals surface area contributed by atoms with Gasteiger partial charge in [0.05, 0.1) is 10.5 Å². The fourth-order valence-electron chi connectivity index (χ4n) is 2.17. The number of nitrogens with two attached hydrogens (primary N) is 1. The summed E-state index contributed by atoms with van der Waals surface area (Å²) in [5.74, 6) is -0.686. The molecule has 23 heavy (non-hydrogen) atoms. The van der Waals surface area contributed by atoms with E-state index < -0.39 is 10.8 Å². The van der Waals surface area contributed by atoms with Crippen molar-refractivity contribution in [3.63, 3.8) is 0 Å². The minimum absolute atomic E-state index is 0.119. The molecule has 1 amide bonds. The van der Waals surface area contributed by atoms with Crippen LogP contribution in [0.15, 0.2) is 29.8 Å². The second-order valence-corrected chi connectivity index (χ2v) is 6.24. The van der Waals surface area contributed by atoms with Crippen LogP contribution in [0.3, 0.4) is 0 Å². The molecule has 1 heterocycles. The van der Waals surface area contributed by atoms with Gasteiger partial charge in [-0.1, -0.05) is 13.0 Å². The van der Waals surface area contributed by atoms with E-state index >= 15 is 0 Å². The molecule has 0 radical (unpaired) electrons. The maximum Gasteiger partial charge on any atom is 0.274 e. The lowest BCUT2D eigenvalue weighted by Gasteiger charge is -2.27. The fraction of sp³-hybridized carbons (Fsp3) is 0.333. The summed E-state index contributed by atoms with van der Waals surface area (Å²) in [5.41, 5.74) is 5.31. The molecule has 0 saturated heterocycles. The van der Waals surface area contributed by atoms with Crippen LogP contribution in [-0.2, 0) is 12.1 Å². The van der Waals surface area contributed by atoms with Crippen LogP contribution in [0.4, 0.5) is 5.69 Å². The van der Waals surface area contributed by atoms with Gasteiger partial charge < -0.3 is 11.1 Å². The van der Waals surface area contributed by atoms with Gasteiger partial charge in [-0.15, -0.1) is 11.3 Å². The normalized spacial score (nSPS) is 13.5. The number of amides is 1. The number of nitro groups is 1. The standard InChI is InChI=1S/C15H18N4O3S/c1-3-15(2,14-17-6-7-23-14)18-9-11-5-4-10(13(16)20)8-12(11)19(21)22/h4-8,18H,3,9H2,1-2H3,(H2,16,20)/t15-/m0/s1. The first-order chi connectivity index (χ1) is 10.9. The maximum atomic E-state index is 11.2. The Hall–Kier alpha value is -2.32. The van der Waals surface area contributed by atoms with Gasteiger partial charge in [0.2, 0.25) is 5.91 Å². The molecule has 0 fully saturated rings. The van der Waals surface area contributed by atoms with E-state index in [4.69, 9.17) is 5.73 Å². The Morgan fingerprint density at radius 3 is 2.78 bits per heavy atom. The Labute approximate surface area is 137 Å². The summed E-state index contributed by atoms with van der Waals surface area (Å²) in [6.45, 7) is 4.33. The largest absolute Gasteiger partial charge is 0.366 e. The van der Waals surface area contributed by atoms with Crippen molar-refractivity contribution < 1.29 is 9.72 Å². The van der Waals surface area contributed by atoms with Crippen molar-refractivity contribution in [2.75, 3.05) is 0 Å². The summed E-state index contributed by atoms with van der Waals surface area (Å²) >= 11 is 1.54. The quantitative estimate of drug-likeness (QED) is 0.597. The highest BCUT2D eigenvalue weighted by atomic mass is 32.1. The first-order valence-electron chi connectivity index (χ1n) is 7.09. The predicted octanol–water partition coefficient (Wildman–Crippen LogP) is 2.57. The second kappa shape index (κ2) is 6.84. The molecule has 0 unspecified atom stereocenters. The topological polar surface area (TPSA) is 111 Å². The summed E-state index contributed by atoms with van der Waals surface area (Å²) in [6, 6.07) is 4.27. The molecule has 2 rings (SSSR count). The maximum absolute atomic E-state index is 11.2. The van der Waals surface area contributed by atoms with Gasteiger partial charge in [0, 0.05) is 35.3 Å². The monoisotopic (exact) mass is 334 g/mol. The van der Waals surface area contributed by atoms with E-state index in [-0.39, 0.29) is 16.8 Å². The van der Waals surface area contributed by atoms with Crippen LogP contribution in [0.2, 0.25) is 0 Å². The SMILES string of the molecule is CC[C@](C)(NCc1ccc(C(N)=O)cc1[N+](=O)[O-])c1nccs1. The van der Waals surface area contributed by atoms with Gasteiger partial charge >= 0.3 is 0 Å². The van der Waals surface area contributed by atoms with E-state index in [1.807, 2.05) is 19.2 Å². The molecule has 0 saturated carbocycles. The van der Waals surface area contributed by atoms with Gasteiger partial charge in [-0.2, -0.15) is 0 Å². The Bertz CT molecular complexity index is 718. The van der Waals surface area contributed by atoms with Crippen LogP contribution >= 0.6 is 11.3 Å². The van der Waals surface area contributed by atoms with Gasteiger partial charge in [0.15, 0.2) is 0 Å². The molecule has 0 aliphatic heterocycles. The van der Waals surface area contributed by atoms with Crippen molar-refractivity contribution >= 4 is 22.9 Å². The number of thiazole rings is 1. The number of primary amides is 1. The smallest absolute Gasteiger partial charge is 0.274 e. The van der Waals surface area contributed by atoms with Crippen LogP contribution in [0, 0.1) is 10.1 Å². The molecule has 0 spiro atoms. The third kappa shape index (κ3) is 3.72. The summed E-state index contributed by atoms with van der Waals surface area (Å²) in [4.78, 5) is 26.2. The molecular formula is C15H18N4O3S. The van der Waals surface area contributed by atoms with E-state index in [1.165, 1.54) is 23.5 Å². The lowest BCUT2D eigenvalue weighted by Crippen LogP contribution is -2.38. The lowest BCUT2D eigenvalue weighted by molar-refractivity contribution is -0.385. The Morgan fingerprint density at radius 2 is 2.26 bits per heavy atom. The average Bonchev–Trinajstić information content (AvgIpc) is 3.07. The number of nitro benzene ring substituents is 1. The zero-order valence-electron chi connectivity index (χ0n) is 12.9. The Kier molecular flexibility index (Phi) is 5.07. The number of hydrogen-bond acceptors (Lipinski definition) is 6. The molecule has 122 valence electrons. The first kappa shape index (κ1) is 17.0. The summed E-state index contributed by atoms with van der Waals surface area (Å²) < 4.78 is 0. The number of nitrogens with one attached hydrogen (secondary N) is 1. The number of hydrogen-bond donors (Lipinski definition) is 2. The zero-order chi connectivity index (χ0) is 17.0. The van der Waals surface area contributed by atoms with E-state index in [9.17, 15) is 14.9 Å². The second-order valence-electron chi connectivity index (χ2n) is 5.34. The molecule has 3 N–H and O–H groups in total. The lowest BCUT2D eigenvalue weighted by atomic mass is 9.99. The summed E-state index contributed by atoms with van der Waals surface area (Å²) in [7, 11) is 0. The molecule has 7 nitrogen and oxygen atoms in total. The number of benzene rings is 1. The van der Waals surface area contributed by atoms with Crippen molar-refractivity contribution in [1.82, 2.24) is 10.3 Å². The van der Waals surface area contributed by atoms with Crippen molar-refractivity contribution in [1.29, 1.82) is 0 Å². The van der Waals surface area contributed by atoms with Crippen LogP contribution in [0.5, 0.6) is 0 Å². The number of nitrogens with zero attached hydrogens (tertiary/aromatic N) is 2. The van der Waals surface area contributed by atoms with Gasteiger partial charge in [-0.25, -0.2) is 4.98 Å². The summed E-state index contributed by atoms with van der Waals surface area (Å²) in [5, 5.41) is 17.4. The number of carbonyl (C=O) groups excluding carboxylic acids is 1. The minimum Gasteiger partial charge on any atom is -0.366 e. The number of rotatable bonds is 7. The van der Waals surface area contributed by atoms with Crippen LogP contribution < -0.4 is 11.1 Å². The molecule has 1 aromatic carbocycles. The van der Waals surface area contributed by atoms with Gasteiger partial charge in [-0.05, 0) is 19.4 Å². The third-order valence-corrected chi connectivity index (χ3v) is 4.88. The predicted molar refractivity (Wildman–Crippen MR) is 88.2 cm³/mol. The third-order valence-electron chi connectivity index (χ3n) is 3.85. The molecule has 1 aromatic heterocycles. The van der Waals surface area contributed by atoms with Gasteiger partial charge in [-0.3, -0.25) is 14.9 Å². The van der Waals surface area contributed by atoms with Gasteiger partial charge in [0.25, 0.3) is 5.69 Å². The van der Waals surface area contributed by atoms with Crippen LogP contribution in [0.1, 0.15) is 41.2 Å². The van der Waals surface area contributed by atoms with Crippen molar-refractivity contribution in [2.45, 2.75) is 32.4 Å². The fourth-order valence-corrected chi connectivity index (χ4v) is 3.02. The highest BCUT2D eigenvalue weighted by molar-refractivity contribution is 7.09. The van der Waals surface area contributed by atoms with E-state index in [1.54, 1.807) is 12.3 Å². The van der Waals surface area contributed by atoms with Gasteiger partial charge in [0.1, 0.15) is 5.01 Å². The van der Waals surface area contributed by atoms with Crippen molar-refractivity contribution in [3.8, 4) is 0 Å². The number of carbonyl (C=O) groups is 1. The molecule has 0 aliphatic rings. The van der Waals surface area contributed by atoms with E-state index in [0.29, 0.717) is 12.1 Å². The molecule has 8 heteroatoms. The van der Waals surface area contributed by atoms with E-state index in [2.05, 4.69) is 10.3 Å². The average molecular weight is 334 g/mol. The molecule has 0 aliphatic carbocycles. The molecule has 2 aromatic rings. The Balaban J connectivity index is 2.26. The van der Waals surface area contributed by atoms with Crippen LogP contribution in [0.25, 0.3) is 0 Å². The summed E-state index contributed by atoms with van der Waals surface area (Å²) in [6.07, 6.45) is 2.52. The molecule has 0 bridgehead atoms. The van der Waals surface area contributed by atoms with E-state index in [0.717, 1.165) is 11.4 Å². The molecule has 1 atom stereocenters. The molecular weight excluding hydrogens is 316 g/mol. The van der Waals surface area contributed by atoms with Crippen molar-refractivity contribution in [2.24, 2.45) is 5.73 Å². The first-order valence-corrected chi connectivity index (χ1v) is 7.97. The van der Waals surface area contributed by atoms with Crippen LogP contribution in [-0.4, -0.2) is 15.8 Å². The minimum atomic E-state index is -0.686. The highest BCUT2D eigenvalue weighted by Crippen LogP contribution is 2.28. The highest BCUT2D eigenvalue weighted by Gasteiger charge is 2.27. The zero-order valence-corrected chi connectivity index (χ0v) is 13.7. The Morgan fingerprint density at radius 1 is 1.52 bits per heavy atom.